The highest BCUT2D eigenvalue weighted by atomic mass is 16.5. The van der Waals surface area contributed by atoms with Crippen LogP contribution in [0.2, 0.25) is 0 Å². The van der Waals surface area contributed by atoms with Gasteiger partial charge in [-0.15, -0.1) is 0 Å². The standard InChI is InChI=1S/C19H25NO2/c1-14-13-17(16(14)9-12-20)22-18(21)19(10-5-6-11-19)15-7-3-2-4-8-15/h2-4,7-8,16-17H,1,5-6,9-13,20H2. The van der Waals surface area contributed by atoms with Gasteiger partial charge >= 0.3 is 5.97 Å². The maximum Gasteiger partial charge on any atom is 0.316 e. The van der Waals surface area contributed by atoms with E-state index in [9.17, 15) is 4.79 Å². The summed E-state index contributed by atoms with van der Waals surface area (Å²) in [6.07, 6.45) is 5.60. The molecule has 3 heteroatoms. The van der Waals surface area contributed by atoms with Crippen LogP contribution in [0.4, 0.5) is 0 Å². The van der Waals surface area contributed by atoms with E-state index >= 15 is 0 Å². The van der Waals surface area contributed by atoms with Gasteiger partial charge in [0.05, 0.1) is 5.41 Å². The van der Waals surface area contributed by atoms with Crippen LogP contribution in [0.3, 0.4) is 0 Å². The zero-order valence-corrected chi connectivity index (χ0v) is 13.1. The van der Waals surface area contributed by atoms with Crippen molar-refractivity contribution in [1.29, 1.82) is 0 Å². The number of esters is 1. The Balaban J connectivity index is 1.76. The Morgan fingerprint density at radius 2 is 1.95 bits per heavy atom. The number of hydrogen-bond donors (Lipinski definition) is 1. The molecule has 0 saturated heterocycles. The van der Waals surface area contributed by atoms with Crippen molar-refractivity contribution in [2.75, 3.05) is 6.54 Å². The number of carbonyl (C=O) groups is 1. The fourth-order valence-corrected chi connectivity index (χ4v) is 3.94. The predicted octanol–water partition coefficient (Wildman–Crippen LogP) is 3.34. The largest absolute Gasteiger partial charge is 0.461 e. The van der Waals surface area contributed by atoms with Crippen molar-refractivity contribution in [3.63, 3.8) is 0 Å². The van der Waals surface area contributed by atoms with Crippen molar-refractivity contribution in [2.24, 2.45) is 11.7 Å². The van der Waals surface area contributed by atoms with Gasteiger partial charge in [0.25, 0.3) is 0 Å². The molecule has 1 aromatic rings. The number of hydrogen-bond acceptors (Lipinski definition) is 3. The van der Waals surface area contributed by atoms with Crippen molar-refractivity contribution in [3.05, 3.63) is 48.0 Å². The van der Waals surface area contributed by atoms with Crippen molar-refractivity contribution in [3.8, 4) is 0 Å². The van der Waals surface area contributed by atoms with E-state index in [4.69, 9.17) is 10.5 Å². The van der Waals surface area contributed by atoms with Crippen LogP contribution < -0.4 is 5.73 Å². The van der Waals surface area contributed by atoms with E-state index in [0.717, 1.165) is 44.1 Å². The van der Waals surface area contributed by atoms with Crippen molar-refractivity contribution in [1.82, 2.24) is 0 Å². The van der Waals surface area contributed by atoms with E-state index in [1.807, 2.05) is 18.2 Å². The first kappa shape index (κ1) is 15.3. The molecule has 0 amide bonds. The Bertz CT molecular complexity index is 546. The second-order valence-electron chi connectivity index (χ2n) is 6.65. The normalized spacial score (nSPS) is 26.5. The number of benzene rings is 1. The Morgan fingerprint density at radius 3 is 2.55 bits per heavy atom. The molecule has 2 aliphatic rings. The molecule has 2 N–H and O–H groups in total. The zero-order chi connectivity index (χ0) is 15.6. The van der Waals surface area contributed by atoms with E-state index in [-0.39, 0.29) is 18.0 Å². The van der Waals surface area contributed by atoms with E-state index in [1.165, 1.54) is 5.57 Å². The highest BCUT2D eigenvalue weighted by molar-refractivity contribution is 5.84. The lowest BCUT2D eigenvalue weighted by atomic mass is 9.74. The smallest absolute Gasteiger partial charge is 0.316 e. The average molecular weight is 299 g/mol. The Hall–Kier alpha value is -1.61. The van der Waals surface area contributed by atoms with Gasteiger partial charge in [-0.05, 0) is 31.4 Å². The first-order valence-electron chi connectivity index (χ1n) is 8.32. The Kier molecular flexibility index (Phi) is 4.34. The number of ether oxygens (including phenoxy) is 1. The van der Waals surface area contributed by atoms with Crippen molar-refractivity contribution >= 4 is 5.97 Å². The molecule has 3 nitrogen and oxygen atoms in total. The SMILES string of the molecule is C=C1CC(OC(=O)C2(c3ccccc3)CCCC2)C1CCN. The highest BCUT2D eigenvalue weighted by Gasteiger charge is 2.47. The fraction of sp³-hybridized carbons (Fsp3) is 0.526. The molecule has 0 bridgehead atoms. The molecule has 2 aliphatic carbocycles. The summed E-state index contributed by atoms with van der Waals surface area (Å²) in [5, 5.41) is 0. The lowest BCUT2D eigenvalue weighted by Crippen LogP contribution is -2.44. The third-order valence-electron chi connectivity index (χ3n) is 5.35. The molecule has 0 heterocycles. The van der Waals surface area contributed by atoms with Gasteiger partial charge in [0.1, 0.15) is 6.10 Å². The molecule has 2 atom stereocenters. The summed E-state index contributed by atoms with van der Waals surface area (Å²) in [5.74, 6) is 0.207. The van der Waals surface area contributed by atoms with E-state index < -0.39 is 5.41 Å². The maximum atomic E-state index is 12.9. The minimum Gasteiger partial charge on any atom is -0.461 e. The highest BCUT2D eigenvalue weighted by Crippen LogP contribution is 2.44. The quantitative estimate of drug-likeness (QED) is 0.670. The van der Waals surface area contributed by atoms with Gasteiger partial charge in [-0.1, -0.05) is 55.3 Å². The van der Waals surface area contributed by atoms with E-state index in [0.29, 0.717) is 6.54 Å². The van der Waals surface area contributed by atoms with E-state index in [2.05, 4.69) is 18.7 Å². The lowest BCUT2D eigenvalue weighted by Gasteiger charge is -2.40. The molecule has 0 radical (unpaired) electrons. The zero-order valence-electron chi connectivity index (χ0n) is 13.1. The van der Waals surface area contributed by atoms with Crippen molar-refractivity contribution < 1.29 is 9.53 Å². The fourth-order valence-electron chi connectivity index (χ4n) is 3.94. The molecule has 22 heavy (non-hydrogen) atoms. The van der Waals surface area contributed by atoms with Crippen LogP contribution in [-0.4, -0.2) is 18.6 Å². The first-order chi connectivity index (χ1) is 10.7. The minimum atomic E-state index is -0.439. The van der Waals surface area contributed by atoms with Gasteiger partial charge in [0.15, 0.2) is 0 Å². The summed E-state index contributed by atoms with van der Waals surface area (Å²) >= 11 is 0. The van der Waals surface area contributed by atoms with Crippen LogP contribution in [0, 0.1) is 5.92 Å². The second kappa shape index (κ2) is 6.25. The lowest BCUT2D eigenvalue weighted by molar-refractivity contribution is -0.161. The number of carbonyl (C=O) groups excluding carboxylic acids is 1. The van der Waals surface area contributed by atoms with Gasteiger partial charge in [0.2, 0.25) is 0 Å². The summed E-state index contributed by atoms with van der Waals surface area (Å²) < 4.78 is 5.91. The minimum absolute atomic E-state index is 0.0234. The topological polar surface area (TPSA) is 52.3 Å². The summed E-state index contributed by atoms with van der Waals surface area (Å²) in [6, 6.07) is 10.1. The van der Waals surface area contributed by atoms with Crippen LogP contribution in [-0.2, 0) is 14.9 Å². The molecule has 3 rings (SSSR count). The maximum absolute atomic E-state index is 12.9. The summed E-state index contributed by atoms with van der Waals surface area (Å²) in [6.45, 7) is 4.66. The molecule has 0 aromatic heterocycles. The molecule has 0 spiro atoms. The van der Waals surface area contributed by atoms with Gasteiger partial charge in [-0.2, -0.15) is 0 Å². The van der Waals surface area contributed by atoms with Gasteiger partial charge in [-0.3, -0.25) is 4.79 Å². The monoisotopic (exact) mass is 299 g/mol. The Morgan fingerprint density at radius 1 is 1.27 bits per heavy atom. The molecule has 2 fully saturated rings. The Labute approximate surface area is 132 Å². The van der Waals surface area contributed by atoms with Crippen LogP contribution >= 0.6 is 0 Å². The molecule has 2 unspecified atom stereocenters. The molecule has 2 saturated carbocycles. The van der Waals surface area contributed by atoms with Gasteiger partial charge in [-0.25, -0.2) is 0 Å². The van der Waals surface area contributed by atoms with Gasteiger partial charge in [0, 0.05) is 12.3 Å². The molecular formula is C19H25NO2. The molecule has 1 aromatic carbocycles. The predicted molar refractivity (Wildman–Crippen MR) is 87.4 cm³/mol. The third-order valence-corrected chi connectivity index (χ3v) is 5.35. The summed E-state index contributed by atoms with van der Waals surface area (Å²) in [4.78, 5) is 12.9. The van der Waals surface area contributed by atoms with Crippen molar-refractivity contribution in [2.45, 2.75) is 50.0 Å². The second-order valence-corrected chi connectivity index (χ2v) is 6.65. The van der Waals surface area contributed by atoms with Crippen LogP contribution in [0.15, 0.2) is 42.5 Å². The third kappa shape index (κ3) is 2.58. The first-order valence-corrected chi connectivity index (χ1v) is 8.32. The molecule has 0 aliphatic heterocycles. The van der Waals surface area contributed by atoms with Crippen LogP contribution in [0.1, 0.15) is 44.1 Å². The summed E-state index contributed by atoms with van der Waals surface area (Å²) in [7, 11) is 0. The van der Waals surface area contributed by atoms with Crippen LogP contribution in [0.5, 0.6) is 0 Å². The number of rotatable bonds is 5. The van der Waals surface area contributed by atoms with Crippen LogP contribution in [0.25, 0.3) is 0 Å². The van der Waals surface area contributed by atoms with E-state index in [1.54, 1.807) is 0 Å². The molecule has 118 valence electrons. The molecular weight excluding hydrogens is 274 g/mol. The number of nitrogens with two attached hydrogens (primary N) is 1. The average Bonchev–Trinajstić information content (AvgIpc) is 3.04. The van der Waals surface area contributed by atoms with Gasteiger partial charge < -0.3 is 10.5 Å². The summed E-state index contributed by atoms with van der Waals surface area (Å²) in [5.41, 5.74) is 7.49.